The van der Waals surface area contributed by atoms with Crippen molar-refractivity contribution in [3.05, 3.63) is 60.3 Å². The third kappa shape index (κ3) is 5.06. The average molecular weight is 362 g/mol. The highest BCUT2D eigenvalue weighted by atomic mass is 16.5. The molecule has 0 aliphatic rings. The minimum absolute atomic E-state index is 0.304. The number of rotatable bonds is 8. The van der Waals surface area contributed by atoms with Gasteiger partial charge in [-0.25, -0.2) is 0 Å². The first-order valence-corrected chi connectivity index (χ1v) is 8.25. The maximum atomic E-state index is 9.14. The molecule has 0 unspecified atom stereocenters. The van der Waals surface area contributed by atoms with Gasteiger partial charge in [-0.1, -0.05) is 12.1 Å². The SMILES string of the molecule is COc1ccc(OCCNc2cnnc(Nc3ccccc3C#N)n2)cc1. The zero-order valence-electron chi connectivity index (χ0n) is 14.7. The number of ether oxygens (including phenoxy) is 2. The van der Waals surface area contributed by atoms with Gasteiger partial charge in [-0.15, -0.1) is 5.10 Å². The summed E-state index contributed by atoms with van der Waals surface area (Å²) in [5.41, 5.74) is 1.13. The lowest BCUT2D eigenvalue weighted by Gasteiger charge is -2.10. The molecule has 2 N–H and O–H groups in total. The molecule has 27 heavy (non-hydrogen) atoms. The monoisotopic (exact) mass is 362 g/mol. The molecule has 0 saturated carbocycles. The van der Waals surface area contributed by atoms with E-state index >= 15 is 0 Å². The van der Waals surface area contributed by atoms with Crippen LogP contribution in [0.4, 0.5) is 17.5 Å². The Morgan fingerprint density at radius 2 is 1.85 bits per heavy atom. The van der Waals surface area contributed by atoms with E-state index in [2.05, 4.69) is 31.9 Å². The molecule has 0 aliphatic carbocycles. The summed E-state index contributed by atoms with van der Waals surface area (Å²) in [5, 5.41) is 23.1. The van der Waals surface area contributed by atoms with E-state index in [4.69, 9.17) is 14.7 Å². The van der Waals surface area contributed by atoms with E-state index in [0.717, 1.165) is 11.5 Å². The third-order valence-corrected chi connectivity index (χ3v) is 3.59. The quantitative estimate of drug-likeness (QED) is 0.589. The zero-order valence-corrected chi connectivity index (χ0v) is 14.7. The summed E-state index contributed by atoms with van der Waals surface area (Å²) in [5.74, 6) is 2.40. The number of benzene rings is 2. The lowest BCUT2D eigenvalue weighted by molar-refractivity contribution is 0.331. The minimum atomic E-state index is 0.304. The van der Waals surface area contributed by atoms with Crippen molar-refractivity contribution in [1.82, 2.24) is 15.2 Å². The molecule has 0 atom stereocenters. The van der Waals surface area contributed by atoms with Crippen LogP contribution >= 0.6 is 0 Å². The number of nitrogens with zero attached hydrogens (tertiary/aromatic N) is 4. The van der Waals surface area contributed by atoms with E-state index in [1.54, 1.807) is 25.3 Å². The number of aromatic nitrogens is 3. The Morgan fingerprint density at radius 3 is 2.63 bits per heavy atom. The van der Waals surface area contributed by atoms with Crippen LogP contribution in [0.25, 0.3) is 0 Å². The molecule has 0 aliphatic heterocycles. The van der Waals surface area contributed by atoms with Crippen molar-refractivity contribution in [3.63, 3.8) is 0 Å². The summed E-state index contributed by atoms with van der Waals surface area (Å²) < 4.78 is 10.8. The Bertz CT molecular complexity index is 924. The lowest BCUT2D eigenvalue weighted by Crippen LogP contribution is -2.13. The topological polar surface area (TPSA) is 105 Å². The Morgan fingerprint density at radius 1 is 1.07 bits per heavy atom. The van der Waals surface area contributed by atoms with E-state index < -0.39 is 0 Å². The molecule has 1 heterocycles. The number of methoxy groups -OCH3 is 1. The van der Waals surface area contributed by atoms with Crippen molar-refractivity contribution >= 4 is 17.5 Å². The molecule has 1 aromatic heterocycles. The molecule has 136 valence electrons. The van der Waals surface area contributed by atoms with Gasteiger partial charge in [-0.2, -0.15) is 15.3 Å². The van der Waals surface area contributed by atoms with E-state index in [9.17, 15) is 0 Å². The summed E-state index contributed by atoms with van der Waals surface area (Å²) in [6.07, 6.45) is 1.52. The maximum Gasteiger partial charge on any atom is 0.249 e. The normalized spacial score (nSPS) is 9.93. The molecule has 8 nitrogen and oxygen atoms in total. The number of hydrogen-bond acceptors (Lipinski definition) is 8. The first kappa shape index (κ1) is 17.9. The summed E-state index contributed by atoms with van der Waals surface area (Å²) in [4.78, 5) is 4.33. The first-order valence-electron chi connectivity index (χ1n) is 8.25. The number of nitriles is 1. The molecule has 3 aromatic rings. The van der Waals surface area contributed by atoms with Crippen molar-refractivity contribution in [2.75, 3.05) is 30.9 Å². The van der Waals surface area contributed by atoms with Crippen LogP contribution in [0.2, 0.25) is 0 Å². The van der Waals surface area contributed by atoms with Gasteiger partial charge in [0.05, 0.1) is 31.1 Å². The van der Waals surface area contributed by atoms with Crippen LogP contribution in [-0.2, 0) is 0 Å². The fourth-order valence-electron chi connectivity index (χ4n) is 2.27. The summed E-state index contributed by atoms with van der Waals surface area (Å²) in [7, 11) is 1.62. The molecule has 0 amide bonds. The molecule has 2 aromatic carbocycles. The summed E-state index contributed by atoms with van der Waals surface area (Å²) in [6.45, 7) is 0.995. The van der Waals surface area contributed by atoms with Gasteiger partial charge >= 0.3 is 0 Å². The molecule has 0 saturated heterocycles. The fraction of sp³-hybridized carbons (Fsp3) is 0.158. The van der Waals surface area contributed by atoms with Crippen molar-refractivity contribution in [3.8, 4) is 17.6 Å². The number of nitrogens with one attached hydrogen (secondary N) is 2. The second-order valence-corrected chi connectivity index (χ2v) is 5.40. The van der Waals surface area contributed by atoms with Crippen molar-refractivity contribution in [1.29, 1.82) is 5.26 Å². The lowest BCUT2D eigenvalue weighted by atomic mass is 10.2. The van der Waals surface area contributed by atoms with Crippen LogP contribution < -0.4 is 20.1 Å². The van der Waals surface area contributed by atoms with Gasteiger partial charge < -0.3 is 20.1 Å². The molecule has 0 radical (unpaired) electrons. The summed E-state index contributed by atoms with van der Waals surface area (Å²) >= 11 is 0. The van der Waals surface area contributed by atoms with Crippen molar-refractivity contribution in [2.24, 2.45) is 0 Å². The Labute approximate surface area is 156 Å². The second-order valence-electron chi connectivity index (χ2n) is 5.40. The number of anilines is 3. The highest BCUT2D eigenvalue weighted by Gasteiger charge is 2.05. The van der Waals surface area contributed by atoms with Gasteiger partial charge in [0.15, 0.2) is 5.82 Å². The number of hydrogen-bond donors (Lipinski definition) is 2. The van der Waals surface area contributed by atoms with Crippen LogP contribution in [0.15, 0.2) is 54.7 Å². The fourth-order valence-corrected chi connectivity index (χ4v) is 2.27. The van der Waals surface area contributed by atoms with Crippen LogP contribution in [0, 0.1) is 11.3 Å². The van der Waals surface area contributed by atoms with Gasteiger partial charge in [0, 0.05) is 0 Å². The first-order chi connectivity index (χ1) is 13.3. The molecule has 0 spiro atoms. The third-order valence-electron chi connectivity index (χ3n) is 3.59. The van der Waals surface area contributed by atoms with Gasteiger partial charge in [0.25, 0.3) is 0 Å². The van der Waals surface area contributed by atoms with E-state index in [-0.39, 0.29) is 0 Å². The zero-order chi connectivity index (χ0) is 18.9. The Hall–Kier alpha value is -3.86. The smallest absolute Gasteiger partial charge is 0.249 e. The van der Waals surface area contributed by atoms with Crippen LogP contribution in [0.1, 0.15) is 5.56 Å². The largest absolute Gasteiger partial charge is 0.497 e. The molecule has 8 heteroatoms. The Kier molecular flexibility index (Phi) is 5.99. The van der Waals surface area contributed by atoms with E-state index in [1.807, 2.05) is 30.3 Å². The van der Waals surface area contributed by atoms with E-state index in [1.165, 1.54) is 6.20 Å². The molecular weight excluding hydrogens is 344 g/mol. The Balaban J connectivity index is 1.52. The minimum Gasteiger partial charge on any atom is -0.497 e. The molecular formula is C19H18N6O2. The summed E-state index contributed by atoms with van der Waals surface area (Å²) in [6, 6.07) is 16.6. The van der Waals surface area contributed by atoms with Gasteiger partial charge in [0.1, 0.15) is 24.2 Å². The predicted molar refractivity (Wildman–Crippen MR) is 101 cm³/mol. The highest BCUT2D eigenvalue weighted by molar-refractivity contribution is 5.63. The number of para-hydroxylation sites is 1. The van der Waals surface area contributed by atoms with Crippen LogP contribution in [-0.4, -0.2) is 35.4 Å². The predicted octanol–water partition coefficient (Wildman–Crippen LogP) is 2.99. The van der Waals surface area contributed by atoms with Crippen LogP contribution in [0.3, 0.4) is 0 Å². The van der Waals surface area contributed by atoms with Crippen molar-refractivity contribution < 1.29 is 9.47 Å². The molecule has 0 bridgehead atoms. The van der Waals surface area contributed by atoms with Crippen molar-refractivity contribution in [2.45, 2.75) is 0 Å². The van der Waals surface area contributed by atoms with Gasteiger partial charge in [-0.3, -0.25) is 0 Å². The van der Waals surface area contributed by atoms with Gasteiger partial charge in [-0.05, 0) is 36.4 Å². The highest BCUT2D eigenvalue weighted by Crippen LogP contribution is 2.18. The van der Waals surface area contributed by atoms with Gasteiger partial charge in [0.2, 0.25) is 5.95 Å². The standard InChI is InChI=1S/C19H18N6O2/c1-26-15-6-8-16(9-7-15)27-11-10-21-18-13-22-25-19(24-18)23-17-5-3-2-4-14(17)12-20/h2-9,13H,10-11H2,1H3,(H2,21,23,24,25). The molecule has 0 fully saturated rings. The van der Waals surface area contributed by atoms with E-state index in [0.29, 0.717) is 36.2 Å². The second kappa shape index (κ2) is 9.01. The van der Waals surface area contributed by atoms with Crippen LogP contribution in [0.5, 0.6) is 11.5 Å². The average Bonchev–Trinajstić information content (AvgIpc) is 2.72. The molecule has 3 rings (SSSR count). The maximum absolute atomic E-state index is 9.14.